The van der Waals surface area contributed by atoms with E-state index in [0.717, 1.165) is 10.5 Å². The van der Waals surface area contributed by atoms with Crippen LogP contribution < -0.4 is 14.5 Å². The predicted molar refractivity (Wildman–Crippen MR) is 147 cm³/mol. The molecule has 0 saturated heterocycles. The number of hydrogen-bond donors (Lipinski definition) is 1. The highest BCUT2D eigenvalue weighted by molar-refractivity contribution is 7.92. The van der Waals surface area contributed by atoms with Crippen molar-refractivity contribution in [2.24, 2.45) is 5.10 Å². The molecule has 11 heteroatoms. The number of carbonyl (C=O) groups is 1. The molecule has 0 fully saturated rings. The van der Waals surface area contributed by atoms with Crippen LogP contribution in [0.4, 0.5) is 11.4 Å². The van der Waals surface area contributed by atoms with Gasteiger partial charge >= 0.3 is 0 Å². The van der Waals surface area contributed by atoms with Gasteiger partial charge in [0.15, 0.2) is 0 Å². The van der Waals surface area contributed by atoms with E-state index in [9.17, 15) is 23.3 Å². The van der Waals surface area contributed by atoms with E-state index in [1.54, 1.807) is 54.6 Å². The van der Waals surface area contributed by atoms with E-state index in [2.05, 4.69) is 10.5 Å². The van der Waals surface area contributed by atoms with Gasteiger partial charge in [-0.15, -0.1) is 0 Å². The number of amides is 1. The van der Waals surface area contributed by atoms with Crippen LogP contribution >= 0.6 is 0 Å². The van der Waals surface area contributed by atoms with E-state index >= 15 is 0 Å². The minimum absolute atomic E-state index is 0.0175. The molecule has 0 radical (unpaired) electrons. The van der Waals surface area contributed by atoms with Gasteiger partial charge in [-0.2, -0.15) is 5.10 Å². The van der Waals surface area contributed by atoms with E-state index in [1.807, 2.05) is 6.07 Å². The van der Waals surface area contributed by atoms with Gasteiger partial charge in [0.05, 0.1) is 46.5 Å². The summed E-state index contributed by atoms with van der Waals surface area (Å²) >= 11 is 0. The number of nitrogens with zero attached hydrogens (tertiary/aromatic N) is 3. The van der Waals surface area contributed by atoms with Crippen LogP contribution in [0.3, 0.4) is 0 Å². The third-order valence-corrected chi connectivity index (χ3v) is 7.51. The molecule has 0 aliphatic carbocycles. The van der Waals surface area contributed by atoms with E-state index in [0.29, 0.717) is 11.3 Å². The highest BCUT2D eigenvalue weighted by Crippen LogP contribution is 2.30. The number of ether oxygens (including phenoxy) is 1. The lowest BCUT2D eigenvalue weighted by molar-refractivity contribution is -0.385. The minimum Gasteiger partial charge on any atom is -0.497 e. The van der Waals surface area contributed by atoms with Crippen LogP contribution in [0, 0.1) is 10.1 Å². The van der Waals surface area contributed by atoms with Crippen LogP contribution in [0.25, 0.3) is 0 Å². The first-order chi connectivity index (χ1) is 18.8. The summed E-state index contributed by atoms with van der Waals surface area (Å²) in [7, 11) is -2.64. The summed E-state index contributed by atoms with van der Waals surface area (Å²) in [6.45, 7) is -0.0427. The fourth-order valence-electron chi connectivity index (χ4n) is 3.79. The zero-order valence-corrected chi connectivity index (χ0v) is 21.6. The number of hydrogen-bond acceptors (Lipinski definition) is 7. The van der Waals surface area contributed by atoms with Crippen molar-refractivity contribution >= 4 is 33.5 Å². The summed E-state index contributed by atoms with van der Waals surface area (Å²) in [4.78, 5) is 23.9. The predicted octanol–water partition coefficient (Wildman–Crippen LogP) is 4.76. The molecular formula is C28H24N4O6S. The van der Waals surface area contributed by atoms with Gasteiger partial charge < -0.3 is 4.74 Å². The summed E-state index contributed by atoms with van der Waals surface area (Å²) in [5.74, 6) is -0.191. The van der Waals surface area contributed by atoms with Gasteiger partial charge in [0, 0.05) is 6.07 Å². The number of nitro groups is 1. The molecule has 0 aliphatic rings. The average Bonchev–Trinajstić information content (AvgIpc) is 2.96. The van der Waals surface area contributed by atoms with Crippen LogP contribution in [0.15, 0.2) is 113 Å². The summed E-state index contributed by atoms with van der Waals surface area (Å²) in [5.41, 5.74) is 3.27. The minimum atomic E-state index is -4.13. The van der Waals surface area contributed by atoms with Crippen molar-refractivity contribution in [1.29, 1.82) is 0 Å². The number of para-hydroxylation sites is 2. The molecule has 4 rings (SSSR count). The Morgan fingerprint density at radius 3 is 2.28 bits per heavy atom. The first-order valence-corrected chi connectivity index (χ1v) is 13.1. The summed E-state index contributed by atoms with van der Waals surface area (Å²) in [6, 6.07) is 27.1. The van der Waals surface area contributed by atoms with Gasteiger partial charge in [-0.05, 0) is 48.0 Å². The SMILES string of the molecule is COc1ccc(S(=O)(=O)N(Cc2ccccc2)c2ccccc2C(=O)N/N=C\c2ccccc2[N+](=O)[O-])cc1. The Labute approximate surface area is 225 Å². The standard InChI is InChI=1S/C28H24N4O6S/c1-38-23-15-17-24(18-16-23)39(36,37)31(20-21-9-3-2-4-10-21)27-14-8-6-12-25(27)28(33)30-29-19-22-11-5-7-13-26(22)32(34)35/h2-19H,20H2,1H3,(H,30,33)/b29-19-. The molecular weight excluding hydrogens is 520 g/mol. The zero-order valence-electron chi connectivity index (χ0n) is 20.8. The maximum Gasteiger partial charge on any atom is 0.278 e. The third-order valence-electron chi connectivity index (χ3n) is 5.74. The van der Waals surface area contributed by atoms with Crippen molar-refractivity contribution in [3.05, 3.63) is 130 Å². The number of methoxy groups -OCH3 is 1. The number of anilines is 1. The van der Waals surface area contributed by atoms with Crippen LogP contribution in [0.2, 0.25) is 0 Å². The topological polar surface area (TPSA) is 131 Å². The fourth-order valence-corrected chi connectivity index (χ4v) is 5.26. The molecule has 0 atom stereocenters. The van der Waals surface area contributed by atoms with Crippen LogP contribution in [-0.4, -0.2) is 32.6 Å². The van der Waals surface area contributed by atoms with Gasteiger partial charge in [-0.3, -0.25) is 19.2 Å². The molecule has 1 amide bonds. The fraction of sp³-hybridized carbons (Fsp3) is 0.0714. The molecule has 198 valence electrons. The van der Waals surface area contributed by atoms with Crippen LogP contribution in [0.5, 0.6) is 5.75 Å². The number of sulfonamides is 1. The maximum absolute atomic E-state index is 13.9. The zero-order chi connectivity index (χ0) is 27.8. The number of rotatable bonds is 10. The molecule has 1 N–H and O–H groups in total. The van der Waals surface area contributed by atoms with E-state index in [1.165, 1.54) is 49.6 Å². The Morgan fingerprint density at radius 1 is 0.949 bits per heavy atom. The molecule has 0 spiro atoms. The summed E-state index contributed by atoms with van der Waals surface area (Å²) < 4.78 is 34.1. The Kier molecular flexibility index (Phi) is 8.32. The number of nitrogens with one attached hydrogen (secondary N) is 1. The number of nitro benzene ring substituents is 1. The van der Waals surface area contributed by atoms with E-state index in [-0.39, 0.29) is 33.9 Å². The molecule has 4 aromatic rings. The Morgan fingerprint density at radius 2 is 1.59 bits per heavy atom. The lowest BCUT2D eigenvalue weighted by Gasteiger charge is -2.26. The Hall–Kier alpha value is -5.03. The van der Waals surface area contributed by atoms with Gasteiger partial charge in [-0.1, -0.05) is 54.6 Å². The van der Waals surface area contributed by atoms with Crippen molar-refractivity contribution in [2.75, 3.05) is 11.4 Å². The van der Waals surface area contributed by atoms with Crippen molar-refractivity contribution in [1.82, 2.24) is 5.43 Å². The summed E-state index contributed by atoms with van der Waals surface area (Å²) in [6.07, 6.45) is 1.16. The van der Waals surface area contributed by atoms with E-state index in [4.69, 9.17) is 4.74 Å². The quantitative estimate of drug-likeness (QED) is 0.174. The van der Waals surface area contributed by atoms with Crippen molar-refractivity contribution in [3.63, 3.8) is 0 Å². The molecule has 0 heterocycles. The lowest BCUT2D eigenvalue weighted by atomic mass is 10.1. The van der Waals surface area contributed by atoms with Gasteiger partial charge in [0.1, 0.15) is 5.75 Å². The van der Waals surface area contributed by atoms with Crippen molar-refractivity contribution in [3.8, 4) is 5.75 Å². The molecule has 4 aromatic carbocycles. The second-order valence-electron chi connectivity index (χ2n) is 8.21. The highest BCUT2D eigenvalue weighted by Gasteiger charge is 2.28. The van der Waals surface area contributed by atoms with Gasteiger partial charge in [0.25, 0.3) is 21.6 Å². The van der Waals surface area contributed by atoms with Crippen molar-refractivity contribution < 1.29 is 22.9 Å². The Bertz CT molecular complexity index is 1610. The second kappa shape index (κ2) is 12.0. The monoisotopic (exact) mass is 544 g/mol. The van der Waals surface area contributed by atoms with Crippen molar-refractivity contribution in [2.45, 2.75) is 11.4 Å². The van der Waals surface area contributed by atoms with E-state index < -0.39 is 20.9 Å². The number of hydrazone groups is 1. The molecule has 0 aliphatic heterocycles. The smallest absolute Gasteiger partial charge is 0.278 e. The molecule has 39 heavy (non-hydrogen) atoms. The number of carbonyl (C=O) groups excluding carboxylic acids is 1. The first-order valence-electron chi connectivity index (χ1n) is 11.7. The second-order valence-corrected chi connectivity index (χ2v) is 10.1. The normalized spacial score (nSPS) is 11.2. The first kappa shape index (κ1) is 27.0. The maximum atomic E-state index is 13.9. The Balaban J connectivity index is 1.70. The van der Waals surface area contributed by atoms with Crippen LogP contribution in [0.1, 0.15) is 21.5 Å². The molecule has 10 nitrogen and oxygen atoms in total. The number of benzene rings is 4. The third kappa shape index (κ3) is 6.28. The van der Waals surface area contributed by atoms with Gasteiger partial charge in [-0.25, -0.2) is 13.8 Å². The average molecular weight is 545 g/mol. The molecule has 0 saturated carbocycles. The largest absolute Gasteiger partial charge is 0.497 e. The van der Waals surface area contributed by atoms with Gasteiger partial charge in [0.2, 0.25) is 0 Å². The molecule has 0 bridgehead atoms. The van der Waals surface area contributed by atoms with Crippen LogP contribution in [-0.2, 0) is 16.6 Å². The molecule has 0 aromatic heterocycles. The lowest BCUT2D eigenvalue weighted by Crippen LogP contribution is -2.33. The highest BCUT2D eigenvalue weighted by atomic mass is 32.2. The summed E-state index contributed by atoms with van der Waals surface area (Å²) in [5, 5.41) is 15.1. The molecule has 0 unspecified atom stereocenters.